The molecule has 0 saturated heterocycles. The topological polar surface area (TPSA) is 50.4 Å². The smallest absolute Gasteiger partial charge is 0.314 e. The van der Waals surface area contributed by atoms with Gasteiger partial charge in [0, 0.05) is 11.6 Å². The largest absolute Gasteiger partial charge is 0.492 e. The van der Waals surface area contributed by atoms with Crippen molar-refractivity contribution in [2.75, 3.05) is 19.7 Å². The van der Waals surface area contributed by atoms with Crippen LogP contribution in [0.1, 0.15) is 30.9 Å². The number of hydrogen-bond donors (Lipinski definition) is 2. The van der Waals surface area contributed by atoms with Crippen LogP contribution in [0.4, 0.5) is 4.79 Å². The van der Waals surface area contributed by atoms with E-state index >= 15 is 0 Å². The average Bonchev–Trinajstić information content (AvgIpc) is 2.61. The fourth-order valence-corrected chi connectivity index (χ4v) is 2.46. The van der Waals surface area contributed by atoms with Gasteiger partial charge in [-0.05, 0) is 47.7 Å². The Morgan fingerprint density at radius 1 is 1.08 bits per heavy atom. The zero-order valence-electron chi connectivity index (χ0n) is 14.7. The lowest BCUT2D eigenvalue weighted by Crippen LogP contribution is -2.38. The Bertz CT molecular complexity index is 672. The molecule has 25 heavy (non-hydrogen) atoms. The summed E-state index contributed by atoms with van der Waals surface area (Å²) >= 11 is 5.84. The van der Waals surface area contributed by atoms with E-state index in [0.717, 1.165) is 17.7 Å². The first kappa shape index (κ1) is 19.1. The number of carbonyl (C=O) groups is 1. The summed E-state index contributed by atoms with van der Waals surface area (Å²) in [5, 5.41) is 6.34. The minimum Gasteiger partial charge on any atom is -0.492 e. The first-order chi connectivity index (χ1) is 12.0. The number of ether oxygens (including phenoxy) is 1. The molecule has 0 aliphatic rings. The predicted octanol–water partition coefficient (Wildman–Crippen LogP) is 4.38. The molecule has 0 heterocycles. The fraction of sp³-hybridized carbons (Fsp3) is 0.350. The third-order valence-electron chi connectivity index (χ3n) is 3.79. The number of carbonyl (C=O) groups excluding carboxylic acids is 1. The van der Waals surface area contributed by atoms with Gasteiger partial charge in [-0.2, -0.15) is 0 Å². The van der Waals surface area contributed by atoms with Gasteiger partial charge >= 0.3 is 6.03 Å². The molecule has 0 bridgehead atoms. The van der Waals surface area contributed by atoms with Crippen molar-refractivity contribution in [1.29, 1.82) is 0 Å². The van der Waals surface area contributed by atoms with Crippen LogP contribution < -0.4 is 15.4 Å². The van der Waals surface area contributed by atoms with Crippen LogP contribution >= 0.6 is 11.6 Å². The molecule has 0 aliphatic carbocycles. The van der Waals surface area contributed by atoms with Gasteiger partial charge in [-0.25, -0.2) is 4.79 Å². The second-order valence-corrected chi connectivity index (χ2v) is 6.57. The number of amides is 2. The van der Waals surface area contributed by atoms with Gasteiger partial charge in [0.1, 0.15) is 12.4 Å². The van der Waals surface area contributed by atoms with Gasteiger partial charge in [-0.15, -0.1) is 0 Å². The number of urea groups is 1. The Morgan fingerprint density at radius 2 is 1.80 bits per heavy atom. The molecular weight excluding hydrogens is 336 g/mol. The van der Waals surface area contributed by atoms with Crippen molar-refractivity contribution in [3.63, 3.8) is 0 Å². The zero-order valence-corrected chi connectivity index (χ0v) is 15.5. The Balaban J connectivity index is 1.60. The van der Waals surface area contributed by atoms with E-state index in [2.05, 4.69) is 30.5 Å². The number of halogens is 1. The summed E-state index contributed by atoms with van der Waals surface area (Å²) in [7, 11) is 0. The molecule has 2 rings (SSSR count). The first-order valence-corrected chi connectivity index (χ1v) is 8.91. The lowest BCUT2D eigenvalue weighted by Gasteiger charge is -2.11. The van der Waals surface area contributed by atoms with E-state index in [9.17, 15) is 4.79 Å². The van der Waals surface area contributed by atoms with E-state index in [4.69, 9.17) is 16.3 Å². The zero-order chi connectivity index (χ0) is 18.1. The fourth-order valence-electron chi connectivity index (χ4n) is 2.33. The van der Waals surface area contributed by atoms with Crippen LogP contribution in [0.5, 0.6) is 5.75 Å². The molecule has 2 amide bonds. The molecule has 5 heteroatoms. The monoisotopic (exact) mass is 360 g/mol. The highest BCUT2D eigenvalue weighted by Gasteiger charge is 2.02. The molecular formula is C20H25ClN2O2. The number of benzene rings is 2. The maximum atomic E-state index is 11.7. The van der Waals surface area contributed by atoms with E-state index in [0.29, 0.717) is 30.6 Å². The normalized spacial score (nSPS) is 10.6. The van der Waals surface area contributed by atoms with Crippen molar-refractivity contribution in [1.82, 2.24) is 10.6 Å². The van der Waals surface area contributed by atoms with E-state index in [1.54, 1.807) is 0 Å². The van der Waals surface area contributed by atoms with E-state index in [1.807, 2.05) is 42.5 Å². The van der Waals surface area contributed by atoms with Crippen LogP contribution in [0.3, 0.4) is 0 Å². The summed E-state index contributed by atoms with van der Waals surface area (Å²) in [6.07, 6.45) is 0.767. The van der Waals surface area contributed by atoms with Crippen LogP contribution in [0.15, 0.2) is 48.5 Å². The van der Waals surface area contributed by atoms with Crippen LogP contribution in [0.25, 0.3) is 0 Å². The maximum absolute atomic E-state index is 11.7. The number of nitrogens with one attached hydrogen (secondary N) is 2. The molecule has 0 fully saturated rings. The molecule has 134 valence electrons. The van der Waals surface area contributed by atoms with Crippen LogP contribution in [0.2, 0.25) is 5.02 Å². The Labute approximate surface area is 154 Å². The number of rotatable bonds is 8. The first-order valence-electron chi connectivity index (χ1n) is 8.53. The second kappa shape index (κ2) is 9.94. The maximum Gasteiger partial charge on any atom is 0.314 e. The Morgan fingerprint density at radius 3 is 2.52 bits per heavy atom. The van der Waals surface area contributed by atoms with Crippen molar-refractivity contribution < 1.29 is 9.53 Å². The lowest BCUT2D eigenvalue weighted by atomic mass is 10.0. The van der Waals surface area contributed by atoms with E-state index < -0.39 is 0 Å². The molecule has 0 unspecified atom stereocenters. The number of hydrogen-bond acceptors (Lipinski definition) is 2. The molecule has 0 saturated carbocycles. The highest BCUT2D eigenvalue weighted by molar-refractivity contribution is 6.30. The molecule has 4 nitrogen and oxygen atoms in total. The van der Waals surface area contributed by atoms with Crippen molar-refractivity contribution in [3.05, 3.63) is 64.7 Å². The van der Waals surface area contributed by atoms with Gasteiger partial charge in [0.25, 0.3) is 0 Å². The summed E-state index contributed by atoms with van der Waals surface area (Å²) in [6, 6.07) is 15.5. The van der Waals surface area contributed by atoms with Crippen molar-refractivity contribution >= 4 is 17.6 Å². The minimum atomic E-state index is -0.187. The van der Waals surface area contributed by atoms with E-state index in [1.165, 1.54) is 5.56 Å². The minimum absolute atomic E-state index is 0.187. The molecule has 0 aliphatic heterocycles. The van der Waals surface area contributed by atoms with Crippen LogP contribution in [-0.2, 0) is 6.42 Å². The predicted molar refractivity (Wildman–Crippen MR) is 103 cm³/mol. The van der Waals surface area contributed by atoms with Gasteiger partial charge < -0.3 is 15.4 Å². The Kier molecular flexibility index (Phi) is 7.61. The van der Waals surface area contributed by atoms with Gasteiger partial charge in [-0.3, -0.25) is 0 Å². The standard InChI is InChI=1S/C20H25ClN2O2/c1-15(2)17-4-3-5-19(14-17)25-13-12-23-20(24)22-11-10-16-6-8-18(21)9-7-16/h3-9,14-15H,10-13H2,1-2H3,(H2,22,23,24). The quantitative estimate of drug-likeness (QED) is 0.686. The summed E-state index contributed by atoms with van der Waals surface area (Å²) in [4.78, 5) is 11.7. The van der Waals surface area contributed by atoms with E-state index in [-0.39, 0.29) is 6.03 Å². The highest BCUT2D eigenvalue weighted by atomic mass is 35.5. The summed E-state index contributed by atoms with van der Waals surface area (Å²) < 4.78 is 5.68. The van der Waals surface area contributed by atoms with Gasteiger partial charge in [-0.1, -0.05) is 49.7 Å². The average molecular weight is 361 g/mol. The third kappa shape index (κ3) is 7.06. The SMILES string of the molecule is CC(C)c1cccc(OCCNC(=O)NCCc2ccc(Cl)cc2)c1. The van der Waals surface area contributed by atoms with Gasteiger partial charge in [0.2, 0.25) is 0 Å². The van der Waals surface area contributed by atoms with Crippen molar-refractivity contribution in [2.45, 2.75) is 26.2 Å². The molecule has 0 aromatic heterocycles. The summed E-state index contributed by atoms with van der Waals surface area (Å²) in [5.41, 5.74) is 2.38. The lowest BCUT2D eigenvalue weighted by molar-refractivity contribution is 0.236. The summed E-state index contributed by atoms with van der Waals surface area (Å²) in [5.74, 6) is 1.30. The highest BCUT2D eigenvalue weighted by Crippen LogP contribution is 2.19. The molecule has 2 aromatic carbocycles. The van der Waals surface area contributed by atoms with Crippen molar-refractivity contribution in [3.8, 4) is 5.75 Å². The van der Waals surface area contributed by atoms with Crippen molar-refractivity contribution in [2.24, 2.45) is 0 Å². The second-order valence-electron chi connectivity index (χ2n) is 6.13. The molecule has 0 spiro atoms. The van der Waals surface area contributed by atoms with Crippen LogP contribution in [-0.4, -0.2) is 25.7 Å². The molecule has 0 radical (unpaired) electrons. The molecule has 2 aromatic rings. The van der Waals surface area contributed by atoms with Crippen LogP contribution in [0, 0.1) is 0 Å². The Hall–Kier alpha value is -2.20. The third-order valence-corrected chi connectivity index (χ3v) is 4.05. The molecule has 2 N–H and O–H groups in total. The molecule has 0 atom stereocenters. The van der Waals surface area contributed by atoms with Gasteiger partial charge in [0.05, 0.1) is 6.54 Å². The summed E-state index contributed by atoms with van der Waals surface area (Å²) in [6.45, 7) is 5.76. The van der Waals surface area contributed by atoms with Gasteiger partial charge in [0.15, 0.2) is 0 Å².